The number of rotatable bonds is 9. The third-order valence-corrected chi connectivity index (χ3v) is 5.76. The molecule has 0 amide bonds. The molecule has 0 saturated carbocycles. The van der Waals surface area contributed by atoms with Crippen molar-refractivity contribution in [2.45, 2.75) is 45.1 Å². The Morgan fingerprint density at radius 1 is 1.09 bits per heavy atom. The molecule has 1 atom stereocenters. The molecule has 0 rings (SSSR count). The largest absolute Gasteiger partial charge is 0.243 e. The maximum Gasteiger partial charge on any atom is 0.0782 e. The van der Waals surface area contributed by atoms with Gasteiger partial charge in [-0.2, -0.15) is 0 Å². The molecule has 0 aliphatic carbocycles. The molecule has 0 radical (unpaired) electrons. The van der Waals surface area contributed by atoms with Crippen molar-refractivity contribution in [1.29, 1.82) is 0 Å². The average Bonchev–Trinajstić information content (AvgIpc) is 2.54. The van der Waals surface area contributed by atoms with E-state index in [0.29, 0.717) is 4.58 Å². The molecular formula is C17H23NS4. The molecule has 0 heterocycles. The Balaban J connectivity index is 4.75. The molecule has 22 heavy (non-hydrogen) atoms. The van der Waals surface area contributed by atoms with Crippen molar-refractivity contribution in [3.05, 3.63) is 35.2 Å². The first-order valence-electron chi connectivity index (χ1n) is 7.06. The van der Waals surface area contributed by atoms with E-state index in [1.54, 1.807) is 11.8 Å². The summed E-state index contributed by atoms with van der Waals surface area (Å²) >= 11 is 6.53. The first-order chi connectivity index (χ1) is 10.8. The molecule has 0 saturated heterocycles. The Hall–Kier alpha value is -0.460. The monoisotopic (exact) mass is 369 g/mol. The van der Waals surface area contributed by atoms with Gasteiger partial charge in [0, 0.05) is 12.6 Å². The lowest BCUT2D eigenvalue weighted by molar-refractivity contribution is 1.05. The minimum Gasteiger partial charge on any atom is -0.243 e. The number of allylic oxidation sites excluding steroid dienone is 2. The molecule has 1 unspecified atom stereocenters. The summed E-state index contributed by atoms with van der Waals surface area (Å²) in [7, 11) is 0. The van der Waals surface area contributed by atoms with Crippen LogP contribution in [-0.4, -0.2) is 8.29 Å². The van der Waals surface area contributed by atoms with Crippen molar-refractivity contribution < 1.29 is 0 Å². The fourth-order valence-electron chi connectivity index (χ4n) is 0.968. The lowest BCUT2D eigenvalue weighted by atomic mass is 10.5. The molecular weight excluding hydrogens is 346 g/mol. The van der Waals surface area contributed by atoms with Crippen molar-refractivity contribution in [1.82, 2.24) is 3.71 Å². The van der Waals surface area contributed by atoms with Crippen molar-refractivity contribution in [2.24, 2.45) is 0 Å². The second-order valence-corrected chi connectivity index (χ2v) is 7.88. The lowest BCUT2D eigenvalue weighted by Crippen LogP contribution is -1.96. The number of hydrogen-bond donors (Lipinski definition) is 0. The van der Waals surface area contributed by atoms with Crippen LogP contribution in [0.3, 0.4) is 0 Å². The third-order valence-electron chi connectivity index (χ3n) is 1.88. The standard InChI is InChI=1S/C17H23NS4/c1-5-9-15-20-17(19-13-7-3)11-12-18(21-14-8-4)22-16-10-6-2/h7,9,11-13,15,17H,5-6H2,1-4H3. The second-order valence-electron chi connectivity index (χ2n) is 3.68. The zero-order chi connectivity index (χ0) is 16.5. The van der Waals surface area contributed by atoms with Crippen LogP contribution in [0.2, 0.25) is 0 Å². The minimum absolute atomic E-state index is 0.344. The van der Waals surface area contributed by atoms with Crippen LogP contribution in [0.15, 0.2) is 35.2 Å². The van der Waals surface area contributed by atoms with Gasteiger partial charge < -0.3 is 0 Å². The van der Waals surface area contributed by atoms with Gasteiger partial charge in [-0.15, -0.1) is 23.5 Å². The number of hydrogen-bond acceptors (Lipinski definition) is 5. The van der Waals surface area contributed by atoms with Crippen LogP contribution in [0.5, 0.6) is 0 Å². The van der Waals surface area contributed by atoms with Gasteiger partial charge in [0.05, 0.1) is 28.5 Å². The van der Waals surface area contributed by atoms with Crippen LogP contribution in [0.25, 0.3) is 0 Å². The Morgan fingerprint density at radius 3 is 2.45 bits per heavy atom. The highest BCUT2D eigenvalue weighted by atomic mass is 32.2. The summed E-state index contributed by atoms with van der Waals surface area (Å²) < 4.78 is 2.34. The van der Waals surface area contributed by atoms with E-state index in [4.69, 9.17) is 0 Å². The highest BCUT2D eigenvalue weighted by Crippen LogP contribution is 2.29. The van der Waals surface area contributed by atoms with Crippen LogP contribution in [-0.2, 0) is 0 Å². The van der Waals surface area contributed by atoms with Crippen LogP contribution in [0.1, 0.15) is 40.5 Å². The maximum atomic E-state index is 3.07. The van der Waals surface area contributed by atoms with Gasteiger partial charge in [0.1, 0.15) is 0 Å². The van der Waals surface area contributed by atoms with Crippen LogP contribution in [0, 0.1) is 22.3 Å². The number of nitrogens with zero attached hydrogens (tertiary/aromatic N) is 1. The lowest BCUT2D eigenvalue weighted by Gasteiger charge is -2.12. The van der Waals surface area contributed by atoms with Crippen molar-refractivity contribution >= 4 is 47.4 Å². The van der Waals surface area contributed by atoms with E-state index in [1.807, 2.05) is 36.2 Å². The summed E-state index contributed by atoms with van der Waals surface area (Å²) in [5.41, 5.74) is 0. The first kappa shape index (κ1) is 21.5. The van der Waals surface area contributed by atoms with E-state index >= 15 is 0 Å². The highest BCUT2D eigenvalue weighted by Gasteiger charge is 2.04. The molecule has 0 aromatic heterocycles. The van der Waals surface area contributed by atoms with E-state index in [9.17, 15) is 0 Å². The minimum atomic E-state index is 0.344. The molecule has 0 aliphatic heterocycles. The van der Waals surface area contributed by atoms with E-state index in [-0.39, 0.29) is 0 Å². The van der Waals surface area contributed by atoms with Gasteiger partial charge in [-0.3, -0.25) is 0 Å². The van der Waals surface area contributed by atoms with E-state index in [1.165, 1.54) is 23.9 Å². The summed E-state index contributed by atoms with van der Waals surface area (Å²) in [6, 6.07) is 0. The molecule has 1 nitrogen and oxygen atoms in total. The third kappa shape index (κ3) is 13.2. The molecule has 0 N–H and O–H groups in total. The summed E-state index contributed by atoms with van der Waals surface area (Å²) in [6.45, 7) is 8.07. The SMILES string of the molecule is CC#CSN(C=CC(SC=CC)SC=CCC)SC#CCC. The van der Waals surface area contributed by atoms with Crippen molar-refractivity contribution in [3.8, 4) is 22.3 Å². The van der Waals surface area contributed by atoms with Gasteiger partial charge >= 0.3 is 0 Å². The Morgan fingerprint density at radius 2 is 1.82 bits per heavy atom. The summed E-state index contributed by atoms with van der Waals surface area (Å²) in [5.74, 6) is 5.96. The van der Waals surface area contributed by atoms with Gasteiger partial charge in [-0.1, -0.05) is 37.8 Å². The van der Waals surface area contributed by atoms with E-state index in [2.05, 4.69) is 64.5 Å². The summed E-state index contributed by atoms with van der Waals surface area (Å²) in [4.78, 5) is 0. The highest BCUT2D eigenvalue weighted by molar-refractivity contribution is 8.19. The molecule has 120 valence electrons. The van der Waals surface area contributed by atoms with Gasteiger partial charge in [-0.05, 0) is 47.7 Å². The van der Waals surface area contributed by atoms with E-state index in [0.717, 1.165) is 12.8 Å². The molecule has 0 aliphatic rings. The molecule has 0 aromatic rings. The van der Waals surface area contributed by atoms with Crippen molar-refractivity contribution in [2.75, 3.05) is 0 Å². The smallest absolute Gasteiger partial charge is 0.0782 e. The molecule has 0 fully saturated rings. The van der Waals surface area contributed by atoms with Crippen LogP contribution in [0.4, 0.5) is 0 Å². The summed E-state index contributed by atoms with van der Waals surface area (Å²) in [5, 5.41) is 10.4. The molecule has 0 aromatic carbocycles. The summed E-state index contributed by atoms with van der Waals surface area (Å²) in [6.07, 6.45) is 10.4. The predicted octanol–water partition coefficient (Wildman–Crippen LogP) is 6.70. The van der Waals surface area contributed by atoms with Crippen LogP contribution >= 0.6 is 47.4 Å². The Bertz CT molecular complexity index is 474. The van der Waals surface area contributed by atoms with E-state index < -0.39 is 0 Å². The fraction of sp³-hybridized carbons (Fsp3) is 0.412. The topological polar surface area (TPSA) is 3.24 Å². The number of thioether (sulfide) groups is 2. The van der Waals surface area contributed by atoms with Crippen LogP contribution < -0.4 is 0 Å². The second kappa shape index (κ2) is 16.9. The Labute approximate surface area is 153 Å². The van der Waals surface area contributed by atoms with Gasteiger partial charge in [-0.25, -0.2) is 3.71 Å². The average molecular weight is 370 g/mol. The Kier molecular flexibility index (Phi) is 16.5. The molecule has 0 spiro atoms. The molecule has 5 heteroatoms. The predicted molar refractivity (Wildman–Crippen MR) is 111 cm³/mol. The molecule has 0 bridgehead atoms. The zero-order valence-electron chi connectivity index (χ0n) is 13.5. The first-order valence-corrected chi connectivity index (χ1v) is 10.5. The van der Waals surface area contributed by atoms with Crippen molar-refractivity contribution in [3.63, 3.8) is 0 Å². The fourth-order valence-corrected chi connectivity index (χ4v) is 3.82. The van der Waals surface area contributed by atoms with Gasteiger partial charge in [0.2, 0.25) is 0 Å². The quantitative estimate of drug-likeness (QED) is 0.252. The van der Waals surface area contributed by atoms with Gasteiger partial charge in [0.15, 0.2) is 0 Å². The van der Waals surface area contributed by atoms with Gasteiger partial charge in [0.25, 0.3) is 0 Å². The normalized spacial score (nSPS) is 12.2. The zero-order valence-corrected chi connectivity index (χ0v) is 16.8. The maximum absolute atomic E-state index is 3.07.